The lowest BCUT2D eigenvalue weighted by Crippen LogP contribution is -2.32. The summed E-state index contributed by atoms with van der Waals surface area (Å²) in [6.07, 6.45) is 3.26. The average molecular weight is 290 g/mol. The first-order valence-electron chi connectivity index (χ1n) is 5.90. The zero-order chi connectivity index (χ0) is 14.1. The lowest BCUT2D eigenvalue weighted by atomic mass is 10.1. The van der Waals surface area contributed by atoms with Crippen LogP contribution in [-0.4, -0.2) is 16.1 Å². The summed E-state index contributed by atoms with van der Waals surface area (Å²) in [6.45, 7) is 0. The number of hydrogen-bond donors (Lipinski definition) is 1. The van der Waals surface area contributed by atoms with Crippen molar-refractivity contribution in [3.63, 3.8) is 0 Å². The highest BCUT2D eigenvalue weighted by atomic mass is 35.5. The third-order valence-corrected chi connectivity index (χ3v) is 3.19. The van der Waals surface area contributed by atoms with Crippen molar-refractivity contribution >= 4 is 23.3 Å². The van der Waals surface area contributed by atoms with Gasteiger partial charge in [0.05, 0.1) is 0 Å². The van der Waals surface area contributed by atoms with Crippen LogP contribution in [0.5, 0.6) is 0 Å². The van der Waals surface area contributed by atoms with Gasteiger partial charge in [0, 0.05) is 16.7 Å². The number of aliphatic hydroxyl groups is 1. The molecule has 0 fully saturated rings. The first kappa shape index (κ1) is 12.6. The summed E-state index contributed by atoms with van der Waals surface area (Å²) in [5, 5.41) is 10.2. The Hall–Kier alpha value is -2.40. The third kappa shape index (κ3) is 2.35. The van der Waals surface area contributed by atoms with Crippen LogP contribution in [0.1, 0.15) is 6.42 Å². The number of cyclic esters (lactones) is 1. The molecule has 5 nitrogen and oxygen atoms in total. The molecule has 1 aliphatic rings. The van der Waals surface area contributed by atoms with Crippen molar-refractivity contribution in [1.29, 1.82) is 0 Å². The molecular formula is C14H10ClN2O3+. The molecule has 2 heterocycles. The highest BCUT2D eigenvalue weighted by Gasteiger charge is 2.28. The fourth-order valence-corrected chi connectivity index (χ4v) is 2.05. The quantitative estimate of drug-likeness (QED) is 0.681. The molecule has 2 aromatic rings. The van der Waals surface area contributed by atoms with Crippen LogP contribution in [0.2, 0.25) is 5.02 Å². The monoisotopic (exact) mass is 289 g/mol. The molecule has 100 valence electrons. The maximum atomic E-state index is 11.1. The van der Waals surface area contributed by atoms with Crippen molar-refractivity contribution in [3.05, 3.63) is 53.8 Å². The van der Waals surface area contributed by atoms with Gasteiger partial charge >= 0.3 is 11.9 Å². The summed E-state index contributed by atoms with van der Waals surface area (Å²) >= 11 is 5.84. The fraction of sp³-hybridized carbons (Fsp3) is 0.0714. The number of carbonyl (C=O) groups excluding carboxylic acids is 1. The van der Waals surface area contributed by atoms with E-state index in [9.17, 15) is 9.90 Å². The molecule has 1 N–H and O–H groups in total. The van der Waals surface area contributed by atoms with Crippen LogP contribution in [0.4, 0.5) is 0 Å². The van der Waals surface area contributed by atoms with E-state index in [1.165, 1.54) is 6.33 Å². The van der Waals surface area contributed by atoms with E-state index in [-0.39, 0.29) is 12.4 Å². The molecule has 0 radical (unpaired) electrons. The lowest BCUT2D eigenvalue weighted by Gasteiger charge is -1.99. The normalized spacial score (nSPS) is 14.6. The number of aromatic nitrogens is 2. The number of rotatable bonds is 2. The van der Waals surface area contributed by atoms with Crippen molar-refractivity contribution in [1.82, 2.24) is 4.98 Å². The van der Waals surface area contributed by atoms with Crippen LogP contribution in [0.3, 0.4) is 0 Å². The Labute approximate surface area is 119 Å². The summed E-state index contributed by atoms with van der Waals surface area (Å²) in [4.78, 5) is 15.4. The second-order valence-corrected chi connectivity index (χ2v) is 4.70. The molecule has 1 aromatic heterocycles. The first-order valence-corrected chi connectivity index (χ1v) is 6.28. The summed E-state index contributed by atoms with van der Waals surface area (Å²) in [5.41, 5.74) is 2.08. The molecule has 1 aliphatic heterocycles. The summed E-state index contributed by atoms with van der Waals surface area (Å²) in [5.74, 6) is -0.854. The Morgan fingerprint density at radius 3 is 2.55 bits per heavy atom. The van der Waals surface area contributed by atoms with Gasteiger partial charge < -0.3 is 9.84 Å². The van der Waals surface area contributed by atoms with Gasteiger partial charge in [-0.15, -0.1) is 0 Å². The molecule has 0 amide bonds. The Balaban J connectivity index is 1.90. The molecule has 0 atom stereocenters. The summed E-state index contributed by atoms with van der Waals surface area (Å²) in [6, 6.07) is 9.10. The molecule has 1 aromatic carbocycles. The zero-order valence-corrected chi connectivity index (χ0v) is 11.0. The summed E-state index contributed by atoms with van der Waals surface area (Å²) in [7, 11) is 0. The standard InChI is InChI=1S/C14H9ClN2O3/c15-10-3-1-9(2-4-10)11-5-6-17(8-16-11)12-7-13(18)20-14(12)19/h1-6,8H,7H2/p+1. The minimum Gasteiger partial charge on any atom is -0.478 e. The van der Waals surface area contributed by atoms with Gasteiger partial charge in [-0.2, -0.15) is 4.57 Å². The number of carbonyl (C=O) groups is 1. The van der Waals surface area contributed by atoms with Gasteiger partial charge in [0.1, 0.15) is 12.6 Å². The largest absolute Gasteiger partial charge is 0.478 e. The lowest BCUT2D eigenvalue weighted by molar-refractivity contribution is -0.587. The maximum Gasteiger partial charge on any atom is 0.330 e. The number of hydrogen-bond acceptors (Lipinski definition) is 4. The predicted octanol–water partition coefficient (Wildman–Crippen LogP) is 2.32. The number of halogens is 1. The Morgan fingerprint density at radius 1 is 1.25 bits per heavy atom. The van der Waals surface area contributed by atoms with Crippen molar-refractivity contribution in [2.24, 2.45) is 0 Å². The van der Waals surface area contributed by atoms with Gasteiger partial charge in [0.2, 0.25) is 5.70 Å². The molecule has 20 heavy (non-hydrogen) atoms. The second kappa shape index (κ2) is 4.94. The third-order valence-electron chi connectivity index (χ3n) is 2.94. The molecule has 0 bridgehead atoms. The van der Waals surface area contributed by atoms with E-state index in [1.807, 2.05) is 12.1 Å². The minimum atomic E-state index is -0.480. The molecule has 0 unspecified atom stereocenters. The van der Waals surface area contributed by atoms with Crippen LogP contribution >= 0.6 is 11.6 Å². The van der Waals surface area contributed by atoms with E-state index >= 15 is 0 Å². The van der Waals surface area contributed by atoms with Crippen molar-refractivity contribution < 1.29 is 19.2 Å². The highest BCUT2D eigenvalue weighted by molar-refractivity contribution is 6.30. The Bertz CT molecular complexity index is 693. The molecule has 0 saturated carbocycles. The number of benzene rings is 1. The van der Waals surface area contributed by atoms with Gasteiger partial charge in [-0.3, -0.25) is 4.79 Å². The first-order chi connectivity index (χ1) is 9.63. The summed E-state index contributed by atoms with van der Waals surface area (Å²) < 4.78 is 6.14. The van der Waals surface area contributed by atoms with E-state index in [1.54, 1.807) is 29.0 Å². The molecule has 6 heteroatoms. The number of aliphatic hydroxyl groups excluding tert-OH is 1. The van der Waals surface area contributed by atoms with Gasteiger partial charge in [0.15, 0.2) is 5.69 Å². The second-order valence-electron chi connectivity index (χ2n) is 4.26. The van der Waals surface area contributed by atoms with Crippen molar-refractivity contribution in [2.75, 3.05) is 0 Å². The van der Waals surface area contributed by atoms with Crippen LogP contribution < -0.4 is 4.57 Å². The zero-order valence-electron chi connectivity index (χ0n) is 10.3. The SMILES string of the molecule is O=C1CC([n+]2ccc(-c3ccc(Cl)cc3)nc2)=C(O)O1. The Kier molecular flexibility index (Phi) is 3.12. The molecule has 0 saturated heterocycles. The Morgan fingerprint density at radius 2 is 2.00 bits per heavy atom. The molecule has 0 aliphatic carbocycles. The minimum absolute atomic E-state index is 0.0263. The predicted molar refractivity (Wildman–Crippen MR) is 71.4 cm³/mol. The van der Waals surface area contributed by atoms with Crippen LogP contribution in [-0.2, 0) is 9.53 Å². The smallest absolute Gasteiger partial charge is 0.330 e. The fourth-order valence-electron chi connectivity index (χ4n) is 1.92. The van der Waals surface area contributed by atoms with Crippen molar-refractivity contribution in [3.8, 4) is 11.3 Å². The van der Waals surface area contributed by atoms with Crippen LogP contribution in [0.25, 0.3) is 17.0 Å². The number of nitrogens with zero attached hydrogens (tertiary/aromatic N) is 2. The topological polar surface area (TPSA) is 63.3 Å². The molecular weight excluding hydrogens is 280 g/mol. The van der Waals surface area contributed by atoms with E-state index in [0.29, 0.717) is 10.7 Å². The van der Waals surface area contributed by atoms with Gasteiger partial charge in [-0.1, -0.05) is 11.6 Å². The van der Waals surface area contributed by atoms with Gasteiger partial charge in [-0.25, -0.2) is 0 Å². The number of esters is 1. The number of ether oxygens (including phenoxy) is 1. The molecule has 0 spiro atoms. The highest BCUT2D eigenvalue weighted by Crippen LogP contribution is 2.20. The van der Waals surface area contributed by atoms with E-state index < -0.39 is 5.97 Å². The van der Waals surface area contributed by atoms with Gasteiger partial charge in [0.25, 0.3) is 6.33 Å². The molecule has 3 rings (SSSR count). The van der Waals surface area contributed by atoms with Crippen LogP contribution in [0.15, 0.2) is 48.8 Å². The van der Waals surface area contributed by atoms with E-state index in [2.05, 4.69) is 9.72 Å². The average Bonchev–Trinajstić information content (AvgIpc) is 2.79. The van der Waals surface area contributed by atoms with Crippen LogP contribution in [0, 0.1) is 0 Å². The van der Waals surface area contributed by atoms with E-state index in [0.717, 1.165) is 11.3 Å². The maximum absolute atomic E-state index is 11.1. The van der Waals surface area contributed by atoms with E-state index in [4.69, 9.17) is 11.6 Å². The van der Waals surface area contributed by atoms with Crippen molar-refractivity contribution in [2.45, 2.75) is 6.42 Å². The van der Waals surface area contributed by atoms with Gasteiger partial charge in [-0.05, 0) is 29.2 Å².